The Morgan fingerprint density at radius 2 is 1.91 bits per heavy atom. The topological polar surface area (TPSA) is 115 Å². The summed E-state index contributed by atoms with van der Waals surface area (Å²) in [5, 5.41) is 10.5. The van der Waals surface area contributed by atoms with Crippen LogP contribution in [0.2, 0.25) is 0 Å². The van der Waals surface area contributed by atoms with Crippen molar-refractivity contribution in [2.45, 2.75) is 25.6 Å². The first kappa shape index (κ1) is 22.8. The quantitative estimate of drug-likeness (QED) is 0.399. The van der Waals surface area contributed by atoms with Crippen molar-refractivity contribution < 1.29 is 27.6 Å². The monoisotopic (exact) mass is 450 g/mol. The van der Waals surface area contributed by atoms with E-state index >= 15 is 0 Å². The van der Waals surface area contributed by atoms with Gasteiger partial charge in [-0.2, -0.15) is 13.2 Å². The number of benzene rings is 1. The molecule has 1 aromatic heterocycles. The Labute approximate surface area is 181 Å². The van der Waals surface area contributed by atoms with Crippen LogP contribution < -0.4 is 26.2 Å². The molecule has 1 saturated heterocycles. The fourth-order valence-corrected chi connectivity index (χ4v) is 2.91. The number of hydrogen-bond acceptors (Lipinski definition) is 5. The molecule has 9 nitrogen and oxygen atoms in total. The summed E-state index contributed by atoms with van der Waals surface area (Å²) in [6, 6.07) is 7.27. The Hall–Kier alpha value is -3.83. The Morgan fingerprint density at radius 3 is 2.50 bits per heavy atom. The summed E-state index contributed by atoms with van der Waals surface area (Å²) < 4.78 is 37.6. The van der Waals surface area contributed by atoms with Gasteiger partial charge >= 0.3 is 18.2 Å². The highest BCUT2D eigenvalue weighted by atomic mass is 19.4. The molecule has 1 aliphatic rings. The molecule has 0 atom stereocenters. The minimum absolute atomic E-state index is 0.162. The first-order chi connectivity index (χ1) is 15.0. The van der Waals surface area contributed by atoms with E-state index in [1.165, 1.54) is 12.1 Å². The van der Waals surface area contributed by atoms with Crippen LogP contribution in [0, 0.1) is 0 Å². The molecule has 2 aromatic rings. The van der Waals surface area contributed by atoms with Crippen LogP contribution in [-0.4, -0.2) is 41.6 Å². The van der Waals surface area contributed by atoms with Gasteiger partial charge in [0.25, 0.3) is 5.91 Å². The highest BCUT2D eigenvalue weighted by Crippen LogP contribution is 2.29. The summed E-state index contributed by atoms with van der Waals surface area (Å²) >= 11 is 0. The van der Waals surface area contributed by atoms with E-state index in [1.807, 2.05) is 0 Å². The van der Waals surface area contributed by atoms with Crippen molar-refractivity contribution in [3.8, 4) is 0 Å². The molecule has 32 heavy (non-hydrogen) atoms. The van der Waals surface area contributed by atoms with Crippen LogP contribution in [0.4, 0.5) is 40.0 Å². The predicted molar refractivity (Wildman–Crippen MR) is 111 cm³/mol. The minimum atomic E-state index is -4.45. The van der Waals surface area contributed by atoms with E-state index in [1.54, 1.807) is 32.0 Å². The lowest BCUT2D eigenvalue weighted by atomic mass is 10.1. The number of urea groups is 2. The van der Waals surface area contributed by atoms with Crippen molar-refractivity contribution in [1.82, 2.24) is 15.6 Å². The lowest BCUT2D eigenvalue weighted by molar-refractivity contribution is -0.137. The lowest BCUT2D eigenvalue weighted by Gasteiger charge is -2.17. The van der Waals surface area contributed by atoms with Crippen molar-refractivity contribution in [2.75, 3.05) is 28.6 Å². The fraction of sp³-hybridized carbons (Fsp3) is 0.300. The van der Waals surface area contributed by atoms with Gasteiger partial charge in [0.1, 0.15) is 11.4 Å². The van der Waals surface area contributed by atoms with Crippen molar-refractivity contribution in [2.24, 2.45) is 0 Å². The number of pyridine rings is 1. The van der Waals surface area contributed by atoms with E-state index in [4.69, 9.17) is 0 Å². The second-order valence-electron chi connectivity index (χ2n) is 7.48. The molecule has 12 heteroatoms. The van der Waals surface area contributed by atoms with Crippen LogP contribution in [0.3, 0.4) is 0 Å². The Balaban J connectivity index is 1.49. The average Bonchev–Trinajstić information content (AvgIpc) is 2.91. The van der Waals surface area contributed by atoms with Gasteiger partial charge < -0.3 is 21.3 Å². The molecule has 170 valence electrons. The number of anilines is 3. The SMILES string of the molecule is CC1(C)NC(=O)N(c2cccc(NC(=O)NCCNc3ccc(C(F)(F)F)cn3)c2)C1=O. The number of halogens is 3. The molecule has 0 unspecified atom stereocenters. The van der Waals surface area contributed by atoms with Crippen molar-refractivity contribution in [3.05, 3.63) is 48.2 Å². The molecule has 1 aliphatic heterocycles. The standard InChI is InChI=1S/C20H21F3N6O3/c1-19(2)16(30)29(18(32)28-19)14-5-3-4-13(10-14)27-17(31)25-9-8-24-15-7-6-12(11-26-15)20(21,22)23/h3-7,10-11H,8-9H2,1-2H3,(H,24,26)(H,28,32)(H2,25,27,31). The van der Waals surface area contributed by atoms with E-state index in [9.17, 15) is 27.6 Å². The highest BCUT2D eigenvalue weighted by Gasteiger charge is 2.45. The van der Waals surface area contributed by atoms with Gasteiger partial charge in [0.2, 0.25) is 0 Å². The van der Waals surface area contributed by atoms with Gasteiger partial charge in [-0.15, -0.1) is 0 Å². The summed E-state index contributed by atoms with van der Waals surface area (Å²) in [5.41, 5.74) is -1.19. The van der Waals surface area contributed by atoms with Crippen LogP contribution >= 0.6 is 0 Å². The number of imide groups is 1. The normalized spacial score (nSPS) is 15.3. The third-order valence-electron chi connectivity index (χ3n) is 4.53. The van der Waals surface area contributed by atoms with Gasteiger partial charge in [-0.25, -0.2) is 19.5 Å². The smallest absolute Gasteiger partial charge is 0.368 e. The van der Waals surface area contributed by atoms with Crippen LogP contribution in [0.5, 0.6) is 0 Å². The molecule has 2 heterocycles. The fourth-order valence-electron chi connectivity index (χ4n) is 2.91. The van der Waals surface area contributed by atoms with E-state index in [-0.39, 0.29) is 18.9 Å². The first-order valence-electron chi connectivity index (χ1n) is 9.56. The molecule has 3 rings (SSSR count). The second kappa shape index (κ2) is 8.73. The second-order valence-corrected chi connectivity index (χ2v) is 7.48. The van der Waals surface area contributed by atoms with E-state index in [0.29, 0.717) is 11.4 Å². The summed E-state index contributed by atoms with van der Waals surface area (Å²) in [5.74, 6) is -0.170. The van der Waals surface area contributed by atoms with E-state index < -0.39 is 35.2 Å². The van der Waals surface area contributed by atoms with Gasteiger partial charge in [0.15, 0.2) is 0 Å². The summed E-state index contributed by atoms with van der Waals surface area (Å²) in [4.78, 5) is 41.3. The third kappa shape index (κ3) is 5.25. The molecule has 0 bridgehead atoms. The molecule has 0 aliphatic carbocycles. The molecule has 1 aromatic carbocycles. The first-order valence-corrected chi connectivity index (χ1v) is 9.56. The van der Waals surface area contributed by atoms with Crippen molar-refractivity contribution in [1.29, 1.82) is 0 Å². The zero-order valence-corrected chi connectivity index (χ0v) is 17.2. The van der Waals surface area contributed by atoms with Crippen LogP contribution in [0.15, 0.2) is 42.6 Å². The number of aromatic nitrogens is 1. The number of hydrogen-bond donors (Lipinski definition) is 4. The van der Waals surface area contributed by atoms with Gasteiger partial charge in [0, 0.05) is 25.0 Å². The predicted octanol–water partition coefficient (Wildman–Crippen LogP) is 3.17. The van der Waals surface area contributed by atoms with E-state index in [2.05, 4.69) is 26.3 Å². The number of carbonyl (C=O) groups excluding carboxylic acids is 3. The molecular weight excluding hydrogens is 429 g/mol. The number of carbonyl (C=O) groups is 3. The van der Waals surface area contributed by atoms with Gasteiger partial charge in [-0.05, 0) is 44.2 Å². The number of nitrogens with one attached hydrogen (secondary N) is 4. The van der Waals surface area contributed by atoms with Gasteiger partial charge in [-0.1, -0.05) is 6.07 Å². The molecule has 0 spiro atoms. The van der Waals surface area contributed by atoms with Crippen LogP contribution in [0.25, 0.3) is 0 Å². The molecular formula is C20H21F3N6O3. The maximum atomic E-state index is 12.5. The maximum absolute atomic E-state index is 12.5. The third-order valence-corrected chi connectivity index (χ3v) is 4.53. The maximum Gasteiger partial charge on any atom is 0.417 e. The number of nitrogens with zero attached hydrogens (tertiary/aromatic N) is 2. The number of alkyl halides is 3. The van der Waals surface area contributed by atoms with Crippen molar-refractivity contribution in [3.63, 3.8) is 0 Å². The molecule has 5 amide bonds. The number of amides is 5. The van der Waals surface area contributed by atoms with Crippen LogP contribution in [-0.2, 0) is 11.0 Å². The van der Waals surface area contributed by atoms with Crippen molar-refractivity contribution >= 4 is 35.2 Å². The minimum Gasteiger partial charge on any atom is -0.368 e. The van der Waals surface area contributed by atoms with E-state index in [0.717, 1.165) is 17.2 Å². The highest BCUT2D eigenvalue weighted by molar-refractivity contribution is 6.23. The van der Waals surface area contributed by atoms with Crippen LogP contribution in [0.1, 0.15) is 19.4 Å². The van der Waals surface area contributed by atoms with Gasteiger partial charge in [0.05, 0.1) is 11.3 Å². The summed E-state index contributed by atoms with van der Waals surface area (Å²) in [6.45, 7) is 3.58. The summed E-state index contributed by atoms with van der Waals surface area (Å²) in [6.07, 6.45) is -3.73. The zero-order valence-electron chi connectivity index (χ0n) is 17.2. The number of rotatable bonds is 6. The average molecular weight is 450 g/mol. The molecule has 4 N–H and O–H groups in total. The Morgan fingerprint density at radius 1 is 1.16 bits per heavy atom. The molecule has 0 radical (unpaired) electrons. The molecule has 0 saturated carbocycles. The lowest BCUT2D eigenvalue weighted by Crippen LogP contribution is -2.40. The largest absolute Gasteiger partial charge is 0.417 e. The molecule has 1 fully saturated rings. The Kier molecular flexibility index (Phi) is 6.23. The van der Waals surface area contributed by atoms with Gasteiger partial charge in [-0.3, -0.25) is 4.79 Å². The zero-order chi connectivity index (χ0) is 23.5. The Bertz CT molecular complexity index is 1020. The summed E-state index contributed by atoms with van der Waals surface area (Å²) in [7, 11) is 0.